The summed E-state index contributed by atoms with van der Waals surface area (Å²) in [7, 11) is 0. The molecule has 1 saturated heterocycles. The van der Waals surface area contributed by atoms with Crippen LogP contribution < -0.4 is 9.47 Å². The van der Waals surface area contributed by atoms with Crippen molar-refractivity contribution in [1.82, 2.24) is 4.90 Å². The maximum absolute atomic E-state index is 11.0. The highest BCUT2D eigenvalue weighted by Crippen LogP contribution is 2.47. The zero-order valence-corrected chi connectivity index (χ0v) is 19.8. The normalized spacial score (nSPS) is 23.8. The Labute approximate surface area is 203 Å². The molecule has 2 aromatic carbocycles. The van der Waals surface area contributed by atoms with E-state index in [1.165, 1.54) is 5.56 Å². The first-order valence-electron chi connectivity index (χ1n) is 11.4. The number of nitrogens with zero attached hydrogens (tertiary/aromatic N) is 1. The maximum atomic E-state index is 11.0. The minimum absolute atomic E-state index is 0.00182. The van der Waals surface area contributed by atoms with Gasteiger partial charge in [-0.05, 0) is 63.4 Å². The van der Waals surface area contributed by atoms with Crippen LogP contribution in [0.5, 0.6) is 11.5 Å². The molecule has 2 aromatic rings. The molecule has 1 saturated carbocycles. The van der Waals surface area contributed by atoms with Crippen LogP contribution in [-0.4, -0.2) is 48.0 Å². The first-order chi connectivity index (χ1) is 15.9. The molecule has 1 aliphatic carbocycles. The Bertz CT molecular complexity index is 1020. The monoisotopic (exact) mass is 491 g/mol. The van der Waals surface area contributed by atoms with Crippen molar-refractivity contribution >= 4 is 29.4 Å². The third-order valence-electron chi connectivity index (χ3n) is 7.37. The molecule has 3 aliphatic rings. The molecular weight excluding hydrogens is 465 g/mol. The SMILES string of the molecule is O=C(O)OC1CCCC1N1CCC2(CC1)COc1cc(OCc3c(Cl)cccc3Cl)ccc12. The summed E-state index contributed by atoms with van der Waals surface area (Å²) in [6.07, 6.45) is 3.39. The molecule has 0 bridgehead atoms. The van der Waals surface area contributed by atoms with Crippen molar-refractivity contribution in [3.8, 4) is 11.5 Å². The second-order valence-electron chi connectivity index (χ2n) is 9.17. The van der Waals surface area contributed by atoms with Gasteiger partial charge in [-0.1, -0.05) is 35.3 Å². The number of carbonyl (C=O) groups is 1. The fourth-order valence-corrected chi connectivity index (χ4v) is 6.06. The number of halogens is 2. The van der Waals surface area contributed by atoms with E-state index in [-0.39, 0.29) is 17.6 Å². The molecule has 33 heavy (non-hydrogen) atoms. The van der Waals surface area contributed by atoms with E-state index in [1.54, 1.807) is 12.1 Å². The Morgan fingerprint density at radius 1 is 1.15 bits per heavy atom. The first kappa shape index (κ1) is 22.6. The van der Waals surface area contributed by atoms with Crippen LogP contribution in [0.15, 0.2) is 36.4 Å². The molecule has 2 unspecified atom stereocenters. The molecule has 6 nitrogen and oxygen atoms in total. The summed E-state index contributed by atoms with van der Waals surface area (Å²) in [5.74, 6) is 1.60. The molecule has 2 aliphatic heterocycles. The van der Waals surface area contributed by atoms with E-state index < -0.39 is 6.16 Å². The van der Waals surface area contributed by atoms with Crippen molar-refractivity contribution in [3.63, 3.8) is 0 Å². The van der Waals surface area contributed by atoms with Crippen molar-refractivity contribution in [2.24, 2.45) is 0 Å². The number of benzene rings is 2. The molecule has 0 amide bonds. The number of hydrogen-bond acceptors (Lipinski definition) is 5. The zero-order chi connectivity index (χ0) is 23.0. The van der Waals surface area contributed by atoms with Gasteiger partial charge >= 0.3 is 6.16 Å². The van der Waals surface area contributed by atoms with Crippen LogP contribution in [0.3, 0.4) is 0 Å². The third-order valence-corrected chi connectivity index (χ3v) is 8.08. The van der Waals surface area contributed by atoms with Gasteiger partial charge in [0.15, 0.2) is 0 Å². The number of carboxylic acid groups (broad SMARTS) is 1. The van der Waals surface area contributed by atoms with Gasteiger partial charge in [-0.15, -0.1) is 0 Å². The van der Waals surface area contributed by atoms with Crippen LogP contribution in [-0.2, 0) is 16.8 Å². The zero-order valence-electron chi connectivity index (χ0n) is 18.3. The van der Waals surface area contributed by atoms with Crippen LogP contribution >= 0.6 is 23.2 Å². The molecule has 8 heteroatoms. The Morgan fingerprint density at radius 3 is 2.64 bits per heavy atom. The second-order valence-corrected chi connectivity index (χ2v) is 9.99. The first-order valence-corrected chi connectivity index (χ1v) is 12.2. The largest absolute Gasteiger partial charge is 0.506 e. The van der Waals surface area contributed by atoms with Gasteiger partial charge in [-0.2, -0.15) is 0 Å². The Morgan fingerprint density at radius 2 is 1.91 bits per heavy atom. The minimum atomic E-state index is -1.17. The second kappa shape index (κ2) is 9.24. The summed E-state index contributed by atoms with van der Waals surface area (Å²) < 4.78 is 17.2. The Balaban J connectivity index is 1.24. The average Bonchev–Trinajstić information content (AvgIpc) is 3.39. The molecule has 2 atom stereocenters. The highest BCUT2D eigenvalue weighted by molar-refractivity contribution is 6.35. The standard InChI is InChI=1S/C25H27Cl2NO5/c26-19-3-1-4-20(27)17(19)14-31-16-7-8-18-23(13-16)32-15-25(18)9-11-28(12-10-25)21-5-2-6-22(21)33-24(29)30/h1,3-4,7-8,13,21-22H,2,5-6,9-12,14-15H2,(H,29,30). The van der Waals surface area contributed by atoms with Gasteiger partial charge in [0.1, 0.15) is 24.2 Å². The van der Waals surface area contributed by atoms with Crippen molar-refractivity contribution in [3.05, 3.63) is 57.6 Å². The molecule has 2 fully saturated rings. The van der Waals surface area contributed by atoms with Gasteiger partial charge < -0.3 is 19.3 Å². The van der Waals surface area contributed by atoms with Gasteiger partial charge in [0.2, 0.25) is 0 Å². The number of hydrogen-bond donors (Lipinski definition) is 1. The van der Waals surface area contributed by atoms with E-state index in [2.05, 4.69) is 11.0 Å². The van der Waals surface area contributed by atoms with E-state index >= 15 is 0 Å². The van der Waals surface area contributed by atoms with Crippen LogP contribution in [0.25, 0.3) is 0 Å². The molecule has 5 rings (SSSR count). The van der Waals surface area contributed by atoms with Crippen LogP contribution in [0.4, 0.5) is 4.79 Å². The third kappa shape index (κ3) is 4.48. The van der Waals surface area contributed by atoms with Crippen molar-refractivity contribution in [1.29, 1.82) is 0 Å². The summed E-state index contributed by atoms with van der Waals surface area (Å²) in [6.45, 7) is 2.78. The Kier molecular flexibility index (Phi) is 6.34. The lowest BCUT2D eigenvalue weighted by Crippen LogP contribution is -2.50. The molecule has 2 heterocycles. The topological polar surface area (TPSA) is 68.2 Å². The van der Waals surface area contributed by atoms with Crippen molar-refractivity contribution < 1.29 is 24.1 Å². The smallest absolute Gasteiger partial charge is 0.492 e. The molecule has 0 radical (unpaired) electrons. The van der Waals surface area contributed by atoms with Crippen molar-refractivity contribution in [2.75, 3.05) is 19.7 Å². The highest BCUT2D eigenvalue weighted by Gasteiger charge is 2.46. The molecule has 1 spiro atoms. The van der Waals surface area contributed by atoms with E-state index in [0.29, 0.717) is 23.3 Å². The van der Waals surface area contributed by atoms with Gasteiger partial charge in [0.05, 0.1) is 6.61 Å². The van der Waals surface area contributed by atoms with Gasteiger partial charge in [-0.3, -0.25) is 4.90 Å². The quantitative estimate of drug-likeness (QED) is 0.523. The van der Waals surface area contributed by atoms with Crippen LogP contribution in [0.1, 0.15) is 43.2 Å². The van der Waals surface area contributed by atoms with E-state index in [4.69, 9.17) is 42.5 Å². The number of fused-ring (bicyclic) bond motifs is 2. The fourth-order valence-electron chi connectivity index (χ4n) is 5.56. The van der Waals surface area contributed by atoms with Crippen molar-refractivity contribution in [2.45, 2.75) is 56.3 Å². The average molecular weight is 492 g/mol. The number of rotatable bonds is 5. The van der Waals surface area contributed by atoms with E-state index in [9.17, 15) is 4.79 Å². The van der Waals surface area contributed by atoms with Gasteiger partial charge in [-0.25, -0.2) is 4.79 Å². The lowest BCUT2D eigenvalue weighted by molar-refractivity contribution is 0.00152. The molecule has 176 valence electrons. The fraction of sp³-hybridized carbons (Fsp3) is 0.480. The van der Waals surface area contributed by atoms with Crippen LogP contribution in [0.2, 0.25) is 10.0 Å². The summed E-state index contributed by atoms with van der Waals surface area (Å²) in [5.41, 5.74) is 2.00. The summed E-state index contributed by atoms with van der Waals surface area (Å²) in [4.78, 5) is 13.4. The number of piperidine rings is 1. The lowest BCUT2D eigenvalue weighted by Gasteiger charge is -2.42. The number of likely N-dealkylation sites (tertiary alicyclic amines) is 1. The summed E-state index contributed by atoms with van der Waals surface area (Å²) >= 11 is 12.5. The van der Waals surface area contributed by atoms with E-state index in [1.807, 2.05) is 18.2 Å². The summed E-state index contributed by atoms with van der Waals surface area (Å²) in [6, 6.07) is 11.7. The Hall–Kier alpha value is -2.15. The van der Waals surface area contributed by atoms with Gasteiger partial charge in [0, 0.05) is 38.7 Å². The number of ether oxygens (including phenoxy) is 3. The lowest BCUT2D eigenvalue weighted by atomic mass is 9.74. The molecular formula is C25H27Cl2NO5. The molecule has 0 aromatic heterocycles. The highest BCUT2D eigenvalue weighted by atomic mass is 35.5. The summed E-state index contributed by atoms with van der Waals surface area (Å²) in [5, 5.41) is 10.2. The van der Waals surface area contributed by atoms with E-state index in [0.717, 1.165) is 62.3 Å². The predicted molar refractivity (Wildman–Crippen MR) is 126 cm³/mol. The minimum Gasteiger partial charge on any atom is -0.492 e. The predicted octanol–water partition coefficient (Wildman–Crippen LogP) is 5.91. The van der Waals surface area contributed by atoms with Crippen LogP contribution in [0, 0.1) is 0 Å². The van der Waals surface area contributed by atoms with Gasteiger partial charge in [0.25, 0.3) is 0 Å². The maximum Gasteiger partial charge on any atom is 0.506 e. The molecule has 1 N–H and O–H groups in total.